The minimum atomic E-state index is -3.13. The van der Waals surface area contributed by atoms with Gasteiger partial charge in [-0.1, -0.05) is 0 Å². The third-order valence-corrected chi connectivity index (χ3v) is 5.20. The molecule has 0 saturated heterocycles. The van der Waals surface area contributed by atoms with Crippen LogP contribution in [0.25, 0.3) is 0 Å². The van der Waals surface area contributed by atoms with E-state index >= 15 is 0 Å². The van der Waals surface area contributed by atoms with Crippen molar-refractivity contribution in [3.63, 3.8) is 0 Å². The monoisotopic (exact) mass is 289 g/mol. The first kappa shape index (κ1) is 16.0. The van der Waals surface area contributed by atoms with E-state index in [0.29, 0.717) is 19.1 Å². The van der Waals surface area contributed by atoms with Crippen molar-refractivity contribution < 1.29 is 13.2 Å². The number of aromatic nitrogens is 2. The fourth-order valence-electron chi connectivity index (χ4n) is 1.62. The van der Waals surface area contributed by atoms with E-state index in [9.17, 15) is 8.42 Å². The van der Waals surface area contributed by atoms with Gasteiger partial charge in [0, 0.05) is 38.3 Å². The van der Waals surface area contributed by atoms with Gasteiger partial charge in [0.05, 0.1) is 11.4 Å². The third-order valence-electron chi connectivity index (χ3n) is 3.06. The van der Waals surface area contributed by atoms with Gasteiger partial charge in [0.1, 0.15) is 0 Å². The number of methoxy groups -OCH3 is 1. The van der Waals surface area contributed by atoms with Gasteiger partial charge < -0.3 is 14.6 Å². The largest absolute Gasteiger partial charge is 0.383 e. The Morgan fingerprint density at radius 3 is 2.68 bits per heavy atom. The second-order valence-corrected chi connectivity index (χ2v) is 8.06. The molecule has 110 valence electrons. The quantitative estimate of drug-likeness (QED) is 0.815. The number of imidazole rings is 1. The molecular formula is C12H23N3O3S. The third kappa shape index (κ3) is 4.21. The maximum Gasteiger partial charge on any atom is 0.203 e. The zero-order chi connectivity index (χ0) is 14.7. The van der Waals surface area contributed by atoms with E-state index in [4.69, 9.17) is 4.74 Å². The van der Waals surface area contributed by atoms with Crippen LogP contribution in [0.3, 0.4) is 0 Å². The molecule has 0 aromatic carbocycles. The Bertz CT molecular complexity index is 508. The minimum absolute atomic E-state index is 0.104. The zero-order valence-corrected chi connectivity index (χ0v) is 13.0. The molecule has 0 fully saturated rings. The summed E-state index contributed by atoms with van der Waals surface area (Å²) in [5, 5.41) is 3.20. The molecule has 0 aliphatic heterocycles. The first-order valence-electron chi connectivity index (χ1n) is 6.13. The van der Waals surface area contributed by atoms with E-state index in [0.717, 1.165) is 0 Å². The van der Waals surface area contributed by atoms with Crippen LogP contribution >= 0.6 is 0 Å². The van der Waals surface area contributed by atoms with E-state index in [2.05, 4.69) is 10.3 Å². The Hall–Kier alpha value is -1.08. The lowest BCUT2D eigenvalue weighted by molar-refractivity contribution is 0.190. The molecule has 19 heavy (non-hydrogen) atoms. The Balaban J connectivity index is 2.84. The average Bonchev–Trinajstić information content (AvgIpc) is 2.63. The summed E-state index contributed by atoms with van der Waals surface area (Å²) < 4.78 is 29.5. The molecular weight excluding hydrogens is 266 g/mol. The number of hydrogen-bond donors (Lipinski definition) is 1. The highest BCUT2D eigenvalue weighted by Gasteiger charge is 2.31. The van der Waals surface area contributed by atoms with E-state index in [1.165, 1.54) is 6.26 Å². The Kier molecular flexibility index (Phi) is 4.98. The minimum Gasteiger partial charge on any atom is -0.383 e. The molecule has 0 aliphatic carbocycles. The van der Waals surface area contributed by atoms with E-state index in [-0.39, 0.29) is 6.04 Å². The molecule has 1 heterocycles. The van der Waals surface area contributed by atoms with Gasteiger partial charge in [0.25, 0.3) is 0 Å². The SMILES string of the molecule is COCC(C)Nc1nccn1CC(C)(C)S(C)(=O)=O. The molecule has 1 rings (SSSR count). The highest BCUT2D eigenvalue weighted by Crippen LogP contribution is 2.20. The van der Waals surface area contributed by atoms with Crippen LogP contribution in [0.15, 0.2) is 12.4 Å². The lowest BCUT2D eigenvalue weighted by Crippen LogP contribution is -2.36. The summed E-state index contributed by atoms with van der Waals surface area (Å²) >= 11 is 0. The predicted molar refractivity (Wildman–Crippen MR) is 76.1 cm³/mol. The van der Waals surface area contributed by atoms with Crippen molar-refractivity contribution >= 4 is 15.8 Å². The van der Waals surface area contributed by atoms with Crippen LogP contribution in [0.4, 0.5) is 5.95 Å². The van der Waals surface area contributed by atoms with Crippen molar-refractivity contribution in [3.05, 3.63) is 12.4 Å². The van der Waals surface area contributed by atoms with Gasteiger partial charge in [-0.3, -0.25) is 0 Å². The summed E-state index contributed by atoms with van der Waals surface area (Å²) in [7, 11) is -1.50. The van der Waals surface area contributed by atoms with Gasteiger partial charge in [-0.25, -0.2) is 13.4 Å². The maximum absolute atomic E-state index is 11.7. The number of anilines is 1. The number of nitrogens with one attached hydrogen (secondary N) is 1. The van der Waals surface area contributed by atoms with Crippen LogP contribution in [-0.4, -0.2) is 48.7 Å². The smallest absolute Gasteiger partial charge is 0.203 e. The number of nitrogens with zero attached hydrogens (tertiary/aromatic N) is 2. The van der Waals surface area contributed by atoms with Crippen molar-refractivity contribution in [1.82, 2.24) is 9.55 Å². The summed E-state index contributed by atoms with van der Waals surface area (Å²) in [6, 6.07) is 0.104. The van der Waals surface area contributed by atoms with Gasteiger partial charge in [0.15, 0.2) is 9.84 Å². The van der Waals surface area contributed by atoms with Gasteiger partial charge in [-0.05, 0) is 20.8 Å². The van der Waals surface area contributed by atoms with Crippen molar-refractivity contribution in [3.8, 4) is 0 Å². The number of rotatable bonds is 7. The predicted octanol–water partition coefficient (Wildman–Crippen LogP) is 1.15. The summed E-state index contributed by atoms with van der Waals surface area (Å²) in [5.41, 5.74) is 0. The van der Waals surface area contributed by atoms with Crippen LogP contribution in [-0.2, 0) is 21.1 Å². The van der Waals surface area contributed by atoms with Crippen molar-refractivity contribution in [1.29, 1.82) is 0 Å². The van der Waals surface area contributed by atoms with Gasteiger partial charge >= 0.3 is 0 Å². The van der Waals surface area contributed by atoms with Crippen LogP contribution < -0.4 is 5.32 Å². The van der Waals surface area contributed by atoms with Crippen LogP contribution in [0.5, 0.6) is 0 Å². The molecule has 0 aliphatic rings. The standard InChI is InChI=1S/C12H23N3O3S/c1-10(8-18-4)14-11-13-6-7-15(11)9-12(2,3)19(5,16)17/h6-7,10H,8-9H2,1-5H3,(H,13,14). The van der Waals surface area contributed by atoms with Crippen molar-refractivity contribution in [2.24, 2.45) is 0 Å². The Labute approximate surface area is 115 Å². The Morgan fingerprint density at radius 2 is 2.16 bits per heavy atom. The summed E-state index contributed by atoms with van der Waals surface area (Å²) in [6.45, 7) is 6.32. The number of ether oxygens (including phenoxy) is 1. The zero-order valence-electron chi connectivity index (χ0n) is 12.2. The van der Waals surface area contributed by atoms with Gasteiger partial charge in [-0.2, -0.15) is 0 Å². The average molecular weight is 289 g/mol. The number of sulfone groups is 1. The molecule has 1 N–H and O–H groups in total. The molecule has 1 atom stereocenters. The second kappa shape index (κ2) is 5.92. The molecule has 6 nitrogen and oxygen atoms in total. The van der Waals surface area contributed by atoms with E-state index in [1.807, 2.05) is 11.5 Å². The molecule has 1 aromatic heterocycles. The topological polar surface area (TPSA) is 73.2 Å². The Morgan fingerprint density at radius 1 is 1.53 bits per heavy atom. The highest BCUT2D eigenvalue weighted by atomic mass is 32.2. The maximum atomic E-state index is 11.7. The molecule has 0 amide bonds. The van der Waals surface area contributed by atoms with Crippen molar-refractivity contribution in [2.75, 3.05) is 25.3 Å². The molecule has 1 aromatic rings. The lowest BCUT2D eigenvalue weighted by Gasteiger charge is -2.24. The van der Waals surface area contributed by atoms with Crippen molar-refractivity contribution in [2.45, 2.75) is 38.1 Å². The molecule has 0 bridgehead atoms. The van der Waals surface area contributed by atoms with E-state index in [1.54, 1.807) is 33.4 Å². The van der Waals surface area contributed by atoms with Gasteiger partial charge in [0.2, 0.25) is 5.95 Å². The number of hydrogen-bond acceptors (Lipinski definition) is 5. The molecule has 1 unspecified atom stereocenters. The normalized spacial score (nSPS) is 14.4. The first-order valence-corrected chi connectivity index (χ1v) is 8.03. The summed E-state index contributed by atoms with van der Waals surface area (Å²) in [5.74, 6) is 0.654. The fourth-order valence-corrected chi connectivity index (χ4v) is 1.99. The molecule has 0 saturated carbocycles. The summed E-state index contributed by atoms with van der Waals surface area (Å²) in [6.07, 6.45) is 4.68. The fraction of sp³-hybridized carbons (Fsp3) is 0.750. The van der Waals surface area contributed by atoms with Crippen LogP contribution in [0.1, 0.15) is 20.8 Å². The molecule has 7 heteroatoms. The lowest BCUT2D eigenvalue weighted by atomic mass is 10.2. The van der Waals surface area contributed by atoms with Crippen LogP contribution in [0.2, 0.25) is 0 Å². The molecule has 0 radical (unpaired) electrons. The first-order chi connectivity index (χ1) is 8.67. The van der Waals surface area contributed by atoms with E-state index < -0.39 is 14.6 Å². The summed E-state index contributed by atoms with van der Waals surface area (Å²) in [4.78, 5) is 4.21. The van der Waals surface area contributed by atoms with Gasteiger partial charge in [-0.15, -0.1) is 0 Å². The highest BCUT2D eigenvalue weighted by molar-refractivity contribution is 7.92. The van der Waals surface area contributed by atoms with Crippen LogP contribution in [0, 0.1) is 0 Å². The molecule has 0 spiro atoms. The second-order valence-electron chi connectivity index (χ2n) is 5.41.